The number of carboxylic acid groups (broad SMARTS) is 1. The normalized spacial score (nSPS) is 19.8. The molecule has 1 aromatic carbocycles. The lowest BCUT2D eigenvalue weighted by atomic mass is 10.1. The van der Waals surface area contributed by atoms with Crippen molar-refractivity contribution in [2.24, 2.45) is 0 Å². The Labute approximate surface area is 155 Å². The molecule has 2 N–H and O–H groups in total. The van der Waals surface area contributed by atoms with Crippen molar-refractivity contribution in [3.05, 3.63) is 45.4 Å². The van der Waals surface area contributed by atoms with Crippen LogP contribution in [0.1, 0.15) is 37.2 Å². The summed E-state index contributed by atoms with van der Waals surface area (Å²) >= 11 is 1.37. The highest BCUT2D eigenvalue weighted by atomic mass is 32.1. The molecule has 1 fully saturated rings. The molecule has 0 unspecified atom stereocenters. The zero-order valence-corrected chi connectivity index (χ0v) is 15.3. The monoisotopic (exact) mass is 376 g/mol. The van der Waals surface area contributed by atoms with Crippen LogP contribution >= 0.6 is 11.3 Å². The van der Waals surface area contributed by atoms with E-state index >= 15 is 0 Å². The zero-order valence-electron chi connectivity index (χ0n) is 14.5. The van der Waals surface area contributed by atoms with Crippen LogP contribution in [0.4, 0.5) is 0 Å². The standard InChI is InChI=1S/C18H20N2O5S/c1-10-16(26-11(2)19-10)17(21)20-14-7-8-24-9-15(14)25-13-5-3-12(4-6-13)18(22)23/h3-6,14-15H,7-9H2,1-2H3,(H,20,21)(H,22,23)/t14-,15-/m1/s1. The van der Waals surface area contributed by atoms with Crippen LogP contribution in [-0.4, -0.2) is 47.3 Å². The second-order valence-electron chi connectivity index (χ2n) is 6.08. The molecule has 2 heterocycles. The Morgan fingerprint density at radius 2 is 2.04 bits per heavy atom. The van der Waals surface area contributed by atoms with Gasteiger partial charge in [0, 0.05) is 6.61 Å². The van der Waals surface area contributed by atoms with E-state index < -0.39 is 5.97 Å². The number of hydrogen-bond acceptors (Lipinski definition) is 6. The van der Waals surface area contributed by atoms with E-state index in [4.69, 9.17) is 14.6 Å². The number of amides is 1. The lowest BCUT2D eigenvalue weighted by Gasteiger charge is -2.32. The maximum absolute atomic E-state index is 12.6. The van der Waals surface area contributed by atoms with Crippen LogP contribution in [0.3, 0.4) is 0 Å². The highest BCUT2D eigenvalue weighted by Crippen LogP contribution is 2.21. The van der Waals surface area contributed by atoms with Gasteiger partial charge in [-0.25, -0.2) is 9.78 Å². The fourth-order valence-electron chi connectivity index (χ4n) is 2.82. The molecule has 1 saturated heterocycles. The van der Waals surface area contributed by atoms with Crippen LogP contribution in [0, 0.1) is 13.8 Å². The number of aryl methyl sites for hydroxylation is 2. The van der Waals surface area contributed by atoms with E-state index in [1.54, 1.807) is 12.1 Å². The molecular formula is C18H20N2O5S. The van der Waals surface area contributed by atoms with Gasteiger partial charge in [0.15, 0.2) is 0 Å². The molecule has 1 aliphatic rings. The number of thiazole rings is 1. The third kappa shape index (κ3) is 4.20. The minimum atomic E-state index is -0.988. The molecular weight excluding hydrogens is 356 g/mol. The van der Waals surface area contributed by atoms with Gasteiger partial charge in [-0.05, 0) is 44.5 Å². The van der Waals surface area contributed by atoms with Gasteiger partial charge in [0.05, 0.1) is 28.9 Å². The number of aromatic carboxylic acids is 1. The van der Waals surface area contributed by atoms with Crippen LogP contribution in [0.15, 0.2) is 24.3 Å². The third-order valence-electron chi connectivity index (χ3n) is 4.12. The second kappa shape index (κ2) is 7.84. The maximum Gasteiger partial charge on any atom is 0.335 e. The summed E-state index contributed by atoms with van der Waals surface area (Å²) in [5.41, 5.74) is 0.914. The van der Waals surface area contributed by atoms with Crippen molar-refractivity contribution in [3.8, 4) is 5.75 Å². The van der Waals surface area contributed by atoms with Crippen LogP contribution < -0.4 is 10.1 Å². The van der Waals surface area contributed by atoms with Crippen molar-refractivity contribution >= 4 is 23.2 Å². The maximum atomic E-state index is 12.6. The molecule has 2 aromatic rings. The van der Waals surface area contributed by atoms with E-state index in [-0.39, 0.29) is 23.6 Å². The van der Waals surface area contributed by atoms with E-state index in [1.807, 2.05) is 13.8 Å². The second-order valence-corrected chi connectivity index (χ2v) is 7.28. The number of hydrogen-bond donors (Lipinski definition) is 2. The molecule has 8 heteroatoms. The van der Waals surface area contributed by atoms with Gasteiger partial charge in [0.1, 0.15) is 16.7 Å². The molecule has 0 radical (unpaired) electrons. The first-order valence-electron chi connectivity index (χ1n) is 8.26. The van der Waals surface area contributed by atoms with Gasteiger partial charge in [0.2, 0.25) is 0 Å². The van der Waals surface area contributed by atoms with Gasteiger partial charge in [0.25, 0.3) is 5.91 Å². The lowest BCUT2D eigenvalue weighted by Crippen LogP contribution is -2.51. The van der Waals surface area contributed by atoms with Gasteiger partial charge >= 0.3 is 5.97 Å². The highest BCUT2D eigenvalue weighted by Gasteiger charge is 2.30. The van der Waals surface area contributed by atoms with Crippen LogP contribution in [0.2, 0.25) is 0 Å². The molecule has 0 aliphatic carbocycles. The summed E-state index contributed by atoms with van der Waals surface area (Å²) < 4.78 is 11.4. The van der Waals surface area contributed by atoms with Gasteiger partial charge in [-0.3, -0.25) is 4.79 Å². The summed E-state index contributed by atoms with van der Waals surface area (Å²) in [6.45, 7) is 4.59. The third-order valence-corrected chi connectivity index (χ3v) is 5.19. The highest BCUT2D eigenvalue weighted by molar-refractivity contribution is 7.13. The number of nitrogens with one attached hydrogen (secondary N) is 1. The van der Waals surface area contributed by atoms with Gasteiger partial charge in [-0.1, -0.05) is 0 Å². The quantitative estimate of drug-likeness (QED) is 0.832. The fourth-order valence-corrected chi connectivity index (χ4v) is 3.64. The number of carbonyl (C=O) groups excluding carboxylic acids is 1. The Morgan fingerprint density at radius 3 is 2.65 bits per heavy atom. The Bertz CT molecular complexity index is 802. The van der Waals surface area contributed by atoms with E-state index in [0.717, 1.165) is 10.7 Å². The van der Waals surface area contributed by atoms with Crippen molar-refractivity contribution in [2.75, 3.05) is 13.2 Å². The largest absolute Gasteiger partial charge is 0.486 e. The molecule has 1 amide bonds. The molecule has 0 bridgehead atoms. The summed E-state index contributed by atoms with van der Waals surface area (Å²) in [6.07, 6.45) is 0.290. The Morgan fingerprint density at radius 1 is 1.31 bits per heavy atom. The number of ether oxygens (including phenoxy) is 2. The average molecular weight is 376 g/mol. The summed E-state index contributed by atoms with van der Waals surface area (Å²) in [4.78, 5) is 28.4. The Hall–Kier alpha value is -2.45. The molecule has 2 atom stereocenters. The van der Waals surface area contributed by atoms with E-state index in [9.17, 15) is 9.59 Å². The topological polar surface area (TPSA) is 97.8 Å². The van der Waals surface area contributed by atoms with Crippen molar-refractivity contribution in [2.45, 2.75) is 32.4 Å². The summed E-state index contributed by atoms with van der Waals surface area (Å²) in [5, 5.41) is 12.8. The molecule has 138 valence electrons. The molecule has 1 aromatic heterocycles. The predicted octanol–water partition coefficient (Wildman–Crippen LogP) is 2.42. The van der Waals surface area contributed by atoms with Crippen molar-refractivity contribution in [3.63, 3.8) is 0 Å². The fraction of sp³-hybridized carbons (Fsp3) is 0.389. The van der Waals surface area contributed by atoms with Crippen LogP contribution in [-0.2, 0) is 4.74 Å². The van der Waals surface area contributed by atoms with Crippen LogP contribution in [0.25, 0.3) is 0 Å². The molecule has 1 aliphatic heterocycles. The number of carbonyl (C=O) groups is 2. The van der Waals surface area contributed by atoms with Crippen LogP contribution in [0.5, 0.6) is 5.75 Å². The van der Waals surface area contributed by atoms with Gasteiger partial charge in [-0.15, -0.1) is 11.3 Å². The first-order chi connectivity index (χ1) is 12.4. The summed E-state index contributed by atoms with van der Waals surface area (Å²) in [6, 6.07) is 5.98. The van der Waals surface area contributed by atoms with Gasteiger partial charge in [-0.2, -0.15) is 0 Å². The van der Waals surface area contributed by atoms with Crippen molar-refractivity contribution in [1.82, 2.24) is 10.3 Å². The molecule has 0 saturated carbocycles. The first-order valence-corrected chi connectivity index (χ1v) is 9.08. The predicted molar refractivity (Wildman–Crippen MR) is 96.1 cm³/mol. The van der Waals surface area contributed by atoms with E-state index in [0.29, 0.717) is 30.3 Å². The van der Waals surface area contributed by atoms with Gasteiger partial charge < -0.3 is 19.9 Å². The molecule has 3 rings (SSSR count). The average Bonchev–Trinajstić information content (AvgIpc) is 2.95. The lowest BCUT2D eigenvalue weighted by molar-refractivity contribution is -0.0134. The zero-order chi connectivity index (χ0) is 18.7. The summed E-state index contributed by atoms with van der Waals surface area (Å²) in [7, 11) is 0. The molecule has 7 nitrogen and oxygen atoms in total. The number of nitrogens with zero attached hydrogens (tertiary/aromatic N) is 1. The molecule has 0 spiro atoms. The number of aromatic nitrogens is 1. The van der Waals surface area contributed by atoms with E-state index in [1.165, 1.54) is 23.5 Å². The van der Waals surface area contributed by atoms with Crippen molar-refractivity contribution in [1.29, 1.82) is 0 Å². The SMILES string of the molecule is Cc1nc(C)c(C(=O)N[C@@H]2CCOC[C@H]2Oc2ccc(C(=O)O)cc2)s1. The number of rotatable bonds is 5. The van der Waals surface area contributed by atoms with Crippen molar-refractivity contribution < 1.29 is 24.2 Å². The minimum Gasteiger partial charge on any atom is -0.486 e. The Kier molecular flexibility index (Phi) is 5.53. The number of benzene rings is 1. The Balaban J connectivity index is 1.68. The minimum absolute atomic E-state index is 0.158. The first kappa shape index (κ1) is 18.3. The molecule has 26 heavy (non-hydrogen) atoms. The summed E-state index contributed by atoms with van der Waals surface area (Å²) in [5.74, 6) is -0.609. The number of carboxylic acids is 1. The smallest absolute Gasteiger partial charge is 0.335 e. The van der Waals surface area contributed by atoms with E-state index in [2.05, 4.69) is 10.3 Å².